The number of hydrogen-bond acceptors (Lipinski definition) is 6. The Labute approximate surface area is 155 Å². The first-order chi connectivity index (χ1) is 13.1. The molecule has 0 radical (unpaired) electrons. The highest BCUT2D eigenvalue weighted by molar-refractivity contribution is 5.94. The number of anilines is 1. The van der Waals surface area contributed by atoms with Gasteiger partial charge in [0.05, 0.1) is 0 Å². The molecule has 1 amide bonds. The maximum absolute atomic E-state index is 11.6. The second kappa shape index (κ2) is 8.18. The van der Waals surface area contributed by atoms with E-state index in [9.17, 15) is 14.7 Å². The first-order valence-corrected chi connectivity index (χ1v) is 8.42. The summed E-state index contributed by atoms with van der Waals surface area (Å²) in [6.45, 7) is 1.81. The number of carbonyl (C=O) groups is 2. The van der Waals surface area contributed by atoms with Crippen LogP contribution in [0.4, 0.5) is 5.82 Å². The van der Waals surface area contributed by atoms with Gasteiger partial charge in [-0.2, -0.15) is 0 Å². The number of nitrogens with zero attached hydrogens (tertiary/aromatic N) is 2. The van der Waals surface area contributed by atoms with Crippen LogP contribution in [0.15, 0.2) is 54.7 Å². The number of carbonyl (C=O) groups excluding carboxylic acids is 2. The fourth-order valence-electron chi connectivity index (χ4n) is 2.50. The van der Waals surface area contributed by atoms with E-state index in [1.54, 1.807) is 18.2 Å². The summed E-state index contributed by atoms with van der Waals surface area (Å²) in [7, 11) is 0. The molecule has 3 rings (SSSR count). The number of aromatic nitrogens is 1. The smallest absolute Gasteiger partial charge is 0.333 e. The van der Waals surface area contributed by atoms with Crippen LogP contribution in [0.25, 0.3) is 10.8 Å². The van der Waals surface area contributed by atoms with E-state index in [1.165, 1.54) is 6.20 Å². The summed E-state index contributed by atoms with van der Waals surface area (Å²) in [6.07, 6.45) is 2.48. The Kier molecular flexibility index (Phi) is 5.51. The Bertz CT molecular complexity index is 959. The second-order valence-corrected chi connectivity index (χ2v) is 5.74. The predicted molar refractivity (Wildman–Crippen MR) is 99.5 cm³/mol. The largest absolute Gasteiger partial charge is 0.504 e. The van der Waals surface area contributed by atoms with Crippen LogP contribution in [0.1, 0.15) is 19.8 Å². The molecule has 0 saturated carbocycles. The first kappa shape index (κ1) is 18.2. The molecule has 0 aliphatic carbocycles. The molecule has 2 aromatic carbocycles. The van der Waals surface area contributed by atoms with E-state index in [1.807, 2.05) is 37.3 Å². The highest BCUT2D eigenvalue weighted by Crippen LogP contribution is 2.35. The number of benzene rings is 2. The maximum atomic E-state index is 11.6. The van der Waals surface area contributed by atoms with Gasteiger partial charge in [0.25, 0.3) is 0 Å². The molecule has 0 aliphatic heterocycles. The van der Waals surface area contributed by atoms with Crippen LogP contribution in [0.2, 0.25) is 0 Å². The van der Waals surface area contributed by atoms with Gasteiger partial charge in [0.1, 0.15) is 11.5 Å². The van der Waals surface area contributed by atoms with Crippen LogP contribution >= 0.6 is 0 Å². The summed E-state index contributed by atoms with van der Waals surface area (Å²) < 4.78 is 5.76. The topological polar surface area (TPSA) is 89.0 Å². The zero-order chi connectivity index (χ0) is 19.2. The number of ether oxygens (including phenoxy) is 1. The summed E-state index contributed by atoms with van der Waals surface area (Å²) >= 11 is 0. The Balaban J connectivity index is 1.89. The van der Waals surface area contributed by atoms with Crippen molar-refractivity contribution >= 4 is 29.0 Å². The van der Waals surface area contributed by atoms with Gasteiger partial charge in [-0.3, -0.25) is 4.79 Å². The van der Waals surface area contributed by atoms with Crippen molar-refractivity contribution in [1.82, 2.24) is 4.98 Å². The summed E-state index contributed by atoms with van der Waals surface area (Å²) in [5.41, 5.74) is 0. The van der Waals surface area contributed by atoms with Crippen molar-refractivity contribution in [1.29, 1.82) is 0 Å². The van der Waals surface area contributed by atoms with E-state index in [0.717, 1.165) is 0 Å². The normalized spacial score (nSPS) is 10.4. The van der Waals surface area contributed by atoms with Crippen molar-refractivity contribution in [3.8, 4) is 17.2 Å². The summed E-state index contributed by atoms with van der Waals surface area (Å²) in [5.74, 6) is 0.247. The van der Waals surface area contributed by atoms with Gasteiger partial charge in [0.2, 0.25) is 12.2 Å². The quantitative estimate of drug-likeness (QED) is 0.503. The molecule has 0 spiro atoms. The molecule has 1 N–H and O–H groups in total. The zero-order valence-electron chi connectivity index (χ0n) is 14.7. The predicted octanol–water partition coefficient (Wildman–Crippen LogP) is 3.95. The van der Waals surface area contributed by atoms with Crippen LogP contribution in [0.5, 0.6) is 17.2 Å². The highest BCUT2D eigenvalue weighted by atomic mass is 16.7. The van der Waals surface area contributed by atoms with Gasteiger partial charge >= 0.3 is 5.97 Å². The minimum atomic E-state index is -0.586. The molecule has 7 nitrogen and oxygen atoms in total. The molecule has 7 heteroatoms. The van der Waals surface area contributed by atoms with Crippen molar-refractivity contribution in [2.75, 3.05) is 5.06 Å². The van der Waals surface area contributed by atoms with Crippen molar-refractivity contribution in [2.45, 2.75) is 19.8 Å². The van der Waals surface area contributed by atoms with E-state index in [4.69, 9.17) is 9.57 Å². The molecule has 0 bridgehead atoms. The number of para-hydroxylation sites is 1. The molecular weight excluding hydrogens is 348 g/mol. The lowest BCUT2D eigenvalue weighted by molar-refractivity contribution is -0.147. The van der Waals surface area contributed by atoms with E-state index in [-0.39, 0.29) is 24.4 Å². The van der Waals surface area contributed by atoms with Crippen LogP contribution in [-0.4, -0.2) is 22.5 Å². The van der Waals surface area contributed by atoms with Gasteiger partial charge in [0, 0.05) is 23.4 Å². The third-order valence-corrected chi connectivity index (χ3v) is 3.75. The molecule has 138 valence electrons. The number of amides is 1. The average Bonchev–Trinajstić information content (AvgIpc) is 2.68. The van der Waals surface area contributed by atoms with Gasteiger partial charge < -0.3 is 14.7 Å². The Morgan fingerprint density at radius 1 is 1.19 bits per heavy atom. The van der Waals surface area contributed by atoms with Crippen LogP contribution in [0, 0.1) is 0 Å². The highest BCUT2D eigenvalue weighted by Gasteiger charge is 2.19. The van der Waals surface area contributed by atoms with Crippen molar-refractivity contribution in [3.05, 3.63) is 54.7 Å². The minimum absolute atomic E-state index is 0.152. The Morgan fingerprint density at radius 3 is 2.67 bits per heavy atom. The average molecular weight is 366 g/mol. The fourth-order valence-corrected chi connectivity index (χ4v) is 2.50. The maximum Gasteiger partial charge on any atom is 0.333 e. The molecule has 0 fully saturated rings. The Hall–Kier alpha value is -3.61. The van der Waals surface area contributed by atoms with Crippen molar-refractivity contribution in [2.24, 2.45) is 0 Å². The molecule has 0 aliphatic rings. The minimum Gasteiger partial charge on any atom is -0.504 e. The summed E-state index contributed by atoms with van der Waals surface area (Å²) in [5, 5.41) is 12.2. The summed E-state index contributed by atoms with van der Waals surface area (Å²) in [6, 6.07) is 14.3. The summed E-state index contributed by atoms with van der Waals surface area (Å²) in [4.78, 5) is 31.9. The van der Waals surface area contributed by atoms with Gasteiger partial charge in [0.15, 0.2) is 5.75 Å². The van der Waals surface area contributed by atoms with Crippen molar-refractivity contribution < 1.29 is 24.3 Å². The lowest BCUT2D eigenvalue weighted by Crippen LogP contribution is -2.26. The molecule has 0 unspecified atom stereocenters. The van der Waals surface area contributed by atoms with Crippen LogP contribution in [-0.2, 0) is 14.4 Å². The number of rotatable bonds is 7. The van der Waals surface area contributed by atoms with Gasteiger partial charge in [-0.15, -0.1) is 5.06 Å². The molecule has 27 heavy (non-hydrogen) atoms. The molecule has 1 aromatic heterocycles. The molecule has 1 heterocycles. The standard InChI is InChI=1S/C20H18N2O5/c1-2-6-18(24)27-22(13-23)20-19(25)17-10-9-16(11-14(17)12-21-20)26-15-7-4-3-5-8-15/h3-5,7-13,25H,2,6H2,1H3. The molecule has 3 aromatic rings. The van der Waals surface area contributed by atoms with Gasteiger partial charge in [-0.05, 0) is 36.8 Å². The number of fused-ring (bicyclic) bond motifs is 1. The third kappa shape index (κ3) is 4.14. The molecule has 0 saturated heterocycles. The number of aromatic hydroxyl groups is 1. The first-order valence-electron chi connectivity index (χ1n) is 8.42. The zero-order valence-corrected chi connectivity index (χ0v) is 14.7. The number of pyridine rings is 1. The molecule has 0 atom stereocenters. The van der Waals surface area contributed by atoms with Gasteiger partial charge in [-0.25, -0.2) is 9.78 Å². The monoisotopic (exact) mass is 366 g/mol. The van der Waals surface area contributed by atoms with Crippen LogP contribution in [0.3, 0.4) is 0 Å². The second-order valence-electron chi connectivity index (χ2n) is 5.74. The van der Waals surface area contributed by atoms with E-state index < -0.39 is 5.97 Å². The van der Waals surface area contributed by atoms with E-state index in [2.05, 4.69) is 4.98 Å². The van der Waals surface area contributed by atoms with Gasteiger partial charge in [-0.1, -0.05) is 25.1 Å². The fraction of sp³-hybridized carbons (Fsp3) is 0.150. The van der Waals surface area contributed by atoms with E-state index in [0.29, 0.717) is 33.8 Å². The van der Waals surface area contributed by atoms with E-state index >= 15 is 0 Å². The SMILES string of the molecule is CCCC(=O)ON(C=O)c1ncc2cc(Oc3ccccc3)ccc2c1O. The lowest BCUT2D eigenvalue weighted by Gasteiger charge is -2.17. The Morgan fingerprint density at radius 2 is 1.96 bits per heavy atom. The number of hydroxylamine groups is 1. The van der Waals surface area contributed by atoms with Crippen LogP contribution < -0.4 is 9.80 Å². The number of hydrogen-bond donors (Lipinski definition) is 1. The van der Waals surface area contributed by atoms with Crippen molar-refractivity contribution in [3.63, 3.8) is 0 Å². The molecular formula is C20H18N2O5. The lowest BCUT2D eigenvalue weighted by atomic mass is 10.1. The third-order valence-electron chi connectivity index (χ3n) is 3.75.